The Kier molecular flexibility index (Phi) is 3.93. The van der Waals surface area contributed by atoms with Gasteiger partial charge in [-0.1, -0.05) is 0 Å². The van der Waals surface area contributed by atoms with Crippen LogP contribution in [0.15, 0.2) is 6.20 Å². The molecule has 0 radical (unpaired) electrons. The molecule has 0 fully saturated rings. The summed E-state index contributed by atoms with van der Waals surface area (Å²) in [5.41, 5.74) is 3.56. The number of carbonyl (C=O) groups excluding carboxylic acids is 1. The number of hydrogen-bond acceptors (Lipinski definition) is 5. The highest BCUT2D eigenvalue weighted by Crippen LogP contribution is 2.26. The van der Waals surface area contributed by atoms with Crippen molar-refractivity contribution in [2.75, 3.05) is 12.3 Å². The van der Waals surface area contributed by atoms with Crippen LogP contribution in [0.2, 0.25) is 0 Å². The minimum Gasteiger partial charge on any atom is -0.462 e. The number of rotatable bonds is 3. The molecule has 0 aliphatic rings. The topological polar surface area (TPSA) is 89.0 Å². The summed E-state index contributed by atoms with van der Waals surface area (Å²) in [6.07, 6.45) is -2.06. The summed E-state index contributed by atoms with van der Waals surface area (Å²) in [6.45, 7) is 1.52. The van der Waals surface area contributed by atoms with Gasteiger partial charge in [0.2, 0.25) is 0 Å². The van der Waals surface area contributed by atoms with E-state index in [1.54, 1.807) is 6.07 Å². The van der Waals surface area contributed by atoms with Gasteiger partial charge in [-0.05, 0) is 6.92 Å². The van der Waals surface area contributed by atoms with E-state index in [4.69, 9.17) is 11.0 Å². The third-order valence-corrected chi connectivity index (χ3v) is 1.94. The van der Waals surface area contributed by atoms with Gasteiger partial charge in [0.1, 0.15) is 17.3 Å². The molecule has 17 heavy (non-hydrogen) atoms. The van der Waals surface area contributed by atoms with Crippen molar-refractivity contribution in [3.63, 3.8) is 0 Å². The van der Waals surface area contributed by atoms with Crippen molar-refractivity contribution < 1.29 is 18.3 Å². The second-order valence-corrected chi connectivity index (χ2v) is 2.98. The molecule has 0 aromatic carbocycles. The summed E-state index contributed by atoms with van der Waals surface area (Å²) in [4.78, 5) is 14.9. The Bertz CT molecular complexity index is 483. The number of halogens is 2. The first kappa shape index (κ1) is 12.8. The maximum Gasteiger partial charge on any atom is 0.341 e. The molecule has 7 heteroatoms. The van der Waals surface area contributed by atoms with Gasteiger partial charge in [-0.3, -0.25) is 4.98 Å². The van der Waals surface area contributed by atoms with Gasteiger partial charge in [0, 0.05) is 0 Å². The Morgan fingerprint density at radius 2 is 2.35 bits per heavy atom. The summed E-state index contributed by atoms with van der Waals surface area (Å²) in [7, 11) is 0. The highest BCUT2D eigenvalue weighted by atomic mass is 19.3. The van der Waals surface area contributed by atoms with Gasteiger partial charge in [-0.15, -0.1) is 0 Å². The fourth-order valence-electron chi connectivity index (χ4n) is 1.24. The van der Waals surface area contributed by atoms with Crippen molar-refractivity contribution >= 4 is 11.7 Å². The van der Waals surface area contributed by atoms with E-state index in [1.807, 2.05) is 0 Å². The molecular formula is C10H9F2N3O2. The molecule has 0 aliphatic heterocycles. The van der Waals surface area contributed by atoms with E-state index in [0.717, 1.165) is 6.20 Å². The normalized spacial score (nSPS) is 10.1. The lowest BCUT2D eigenvalue weighted by atomic mass is 10.1. The molecule has 0 atom stereocenters. The van der Waals surface area contributed by atoms with Crippen LogP contribution in [0.1, 0.15) is 35.0 Å². The SMILES string of the molecule is CCOC(=O)c1c(C(F)F)ncc(N)c1C#N. The molecule has 0 amide bonds. The van der Waals surface area contributed by atoms with E-state index in [-0.39, 0.29) is 17.9 Å². The molecular weight excluding hydrogens is 232 g/mol. The van der Waals surface area contributed by atoms with E-state index in [2.05, 4.69) is 9.72 Å². The fraction of sp³-hybridized carbons (Fsp3) is 0.300. The van der Waals surface area contributed by atoms with Crippen molar-refractivity contribution in [1.82, 2.24) is 4.98 Å². The summed E-state index contributed by atoms with van der Waals surface area (Å²) in [6, 6.07) is 1.60. The molecule has 0 saturated heterocycles. The highest BCUT2D eigenvalue weighted by Gasteiger charge is 2.26. The second-order valence-electron chi connectivity index (χ2n) is 2.98. The third kappa shape index (κ3) is 2.47. The molecule has 5 nitrogen and oxygen atoms in total. The molecule has 1 aromatic rings. The number of nitrogens with zero attached hydrogens (tertiary/aromatic N) is 2. The lowest BCUT2D eigenvalue weighted by Gasteiger charge is -2.10. The van der Waals surface area contributed by atoms with Gasteiger partial charge in [0.05, 0.1) is 24.1 Å². The van der Waals surface area contributed by atoms with Crippen molar-refractivity contribution in [3.05, 3.63) is 23.0 Å². The van der Waals surface area contributed by atoms with Crippen LogP contribution >= 0.6 is 0 Å². The Morgan fingerprint density at radius 3 is 2.82 bits per heavy atom. The van der Waals surface area contributed by atoms with Gasteiger partial charge in [-0.25, -0.2) is 13.6 Å². The second kappa shape index (κ2) is 5.21. The number of carbonyl (C=O) groups is 1. The average molecular weight is 241 g/mol. The van der Waals surface area contributed by atoms with Gasteiger partial charge in [0.15, 0.2) is 0 Å². The van der Waals surface area contributed by atoms with E-state index >= 15 is 0 Å². The fourth-order valence-corrected chi connectivity index (χ4v) is 1.24. The van der Waals surface area contributed by atoms with Crippen molar-refractivity contribution in [3.8, 4) is 6.07 Å². The summed E-state index contributed by atoms with van der Waals surface area (Å²) >= 11 is 0. The van der Waals surface area contributed by atoms with Crippen LogP contribution in [-0.2, 0) is 4.74 Å². The Labute approximate surface area is 95.8 Å². The number of nitrogens with two attached hydrogens (primary N) is 1. The van der Waals surface area contributed by atoms with Crippen molar-refractivity contribution in [1.29, 1.82) is 5.26 Å². The smallest absolute Gasteiger partial charge is 0.341 e. The van der Waals surface area contributed by atoms with E-state index < -0.39 is 23.7 Å². The van der Waals surface area contributed by atoms with Gasteiger partial charge >= 0.3 is 5.97 Å². The molecule has 0 bridgehead atoms. The van der Waals surface area contributed by atoms with Gasteiger partial charge in [0.25, 0.3) is 6.43 Å². The lowest BCUT2D eigenvalue weighted by Crippen LogP contribution is -2.14. The number of ether oxygens (including phenoxy) is 1. The molecule has 1 aromatic heterocycles. The van der Waals surface area contributed by atoms with E-state index in [1.165, 1.54) is 6.92 Å². The zero-order chi connectivity index (χ0) is 13.0. The largest absolute Gasteiger partial charge is 0.462 e. The first-order valence-corrected chi connectivity index (χ1v) is 4.66. The minimum absolute atomic E-state index is 0.00117. The third-order valence-electron chi connectivity index (χ3n) is 1.94. The summed E-state index contributed by atoms with van der Waals surface area (Å²) < 4.78 is 29.9. The number of aromatic nitrogens is 1. The Morgan fingerprint density at radius 1 is 1.71 bits per heavy atom. The number of anilines is 1. The van der Waals surface area contributed by atoms with E-state index in [0.29, 0.717) is 0 Å². The van der Waals surface area contributed by atoms with Crippen LogP contribution < -0.4 is 5.73 Å². The monoisotopic (exact) mass is 241 g/mol. The number of nitriles is 1. The number of esters is 1. The summed E-state index contributed by atoms with van der Waals surface area (Å²) in [5.74, 6) is -1.03. The minimum atomic E-state index is -2.98. The average Bonchev–Trinajstić information content (AvgIpc) is 2.28. The first-order chi connectivity index (χ1) is 8.02. The quantitative estimate of drug-likeness (QED) is 0.812. The predicted octanol–water partition coefficient (Wildman–Crippen LogP) is 1.65. The molecule has 1 heterocycles. The number of alkyl halides is 2. The molecule has 90 valence electrons. The number of nitrogen functional groups attached to an aromatic ring is 1. The lowest BCUT2D eigenvalue weighted by molar-refractivity contribution is 0.0513. The maximum absolute atomic E-state index is 12.7. The summed E-state index contributed by atoms with van der Waals surface area (Å²) in [5, 5.41) is 8.81. The van der Waals surface area contributed by atoms with Crippen LogP contribution in [-0.4, -0.2) is 17.6 Å². The molecule has 1 rings (SSSR count). The Balaban J connectivity index is 3.45. The van der Waals surface area contributed by atoms with Crippen LogP contribution in [0.3, 0.4) is 0 Å². The van der Waals surface area contributed by atoms with Crippen LogP contribution in [0, 0.1) is 11.3 Å². The zero-order valence-corrected chi connectivity index (χ0v) is 8.91. The molecule has 0 saturated carbocycles. The van der Waals surface area contributed by atoms with Crippen molar-refractivity contribution in [2.24, 2.45) is 0 Å². The maximum atomic E-state index is 12.7. The van der Waals surface area contributed by atoms with Crippen LogP contribution in [0.5, 0.6) is 0 Å². The van der Waals surface area contributed by atoms with Crippen molar-refractivity contribution in [2.45, 2.75) is 13.3 Å². The highest BCUT2D eigenvalue weighted by molar-refractivity contribution is 5.95. The van der Waals surface area contributed by atoms with Gasteiger partial charge in [-0.2, -0.15) is 5.26 Å². The van der Waals surface area contributed by atoms with Crippen LogP contribution in [0.4, 0.5) is 14.5 Å². The van der Waals surface area contributed by atoms with Gasteiger partial charge < -0.3 is 10.5 Å². The zero-order valence-electron chi connectivity index (χ0n) is 8.91. The molecule has 2 N–H and O–H groups in total. The standard InChI is InChI=1S/C10H9F2N3O2/c1-2-17-10(16)7-5(3-13)6(14)4-15-8(7)9(11)12/h4,9H,2,14H2,1H3. The number of hydrogen-bond donors (Lipinski definition) is 1. The number of pyridine rings is 1. The predicted molar refractivity (Wildman–Crippen MR) is 54.3 cm³/mol. The van der Waals surface area contributed by atoms with E-state index in [9.17, 15) is 13.6 Å². The van der Waals surface area contributed by atoms with Crippen LogP contribution in [0.25, 0.3) is 0 Å². The molecule has 0 aliphatic carbocycles. The molecule has 0 unspecified atom stereocenters. The first-order valence-electron chi connectivity index (χ1n) is 4.66. The molecule has 0 spiro atoms. The Hall–Kier alpha value is -2.23.